The van der Waals surface area contributed by atoms with Gasteiger partial charge in [0.15, 0.2) is 0 Å². The van der Waals surface area contributed by atoms with Crippen molar-refractivity contribution in [2.75, 3.05) is 31.6 Å². The number of amides is 2. The minimum absolute atomic E-state index is 0.134. The van der Waals surface area contributed by atoms with Gasteiger partial charge in [-0.3, -0.25) is 9.59 Å². The fraction of sp³-hybridized carbons (Fsp3) is 0.400. The number of nitrogens with zero attached hydrogens (tertiary/aromatic N) is 2. The van der Waals surface area contributed by atoms with Gasteiger partial charge in [0, 0.05) is 13.6 Å². The van der Waals surface area contributed by atoms with E-state index in [0.717, 1.165) is 18.0 Å². The summed E-state index contributed by atoms with van der Waals surface area (Å²) in [6, 6.07) is 8.83. The first kappa shape index (κ1) is 18.8. The molecule has 0 saturated heterocycles. The third-order valence-electron chi connectivity index (χ3n) is 4.66. The van der Waals surface area contributed by atoms with Gasteiger partial charge in [0.1, 0.15) is 24.2 Å². The molecule has 1 N–H and O–H groups in total. The number of carbonyl (C=O) groups excluding carboxylic acids is 2. The Morgan fingerprint density at radius 2 is 2.11 bits per heavy atom. The van der Waals surface area contributed by atoms with E-state index < -0.39 is 6.04 Å². The second kappa shape index (κ2) is 8.16. The molecule has 7 nitrogen and oxygen atoms in total. The number of hydrogen-bond donors (Lipinski definition) is 1. The summed E-state index contributed by atoms with van der Waals surface area (Å²) in [5.41, 5.74) is 1.47. The number of hydrogen-bond acceptors (Lipinski definition) is 5. The van der Waals surface area contributed by atoms with Crippen LogP contribution in [0.25, 0.3) is 0 Å². The van der Waals surface area contributed by atoms with Gasteiger partial charge in [-0.1, -0.05) is 12.1 Å². The van der Waals surface area contributed by atoms with Crippen molar-refractivity contribution in [3.05, 3.63) is 48.4 Å². The summed E-state index contributed by atoms with van der Waals surface area (Å²) in [7, 11) is 1.73. The van der Waals surface area contributed by atoms with Crippen LogP contribution in [0.1, 0.15) is 24.2 Å². The molecule has 3 rings (SSSR count). The molecule has 2 amide bonds. The highest BCUT2D eigenvalue weighted by Crippen LogP contribution is 2.32. The van der Waals surface area contributed by atoms with Crippen molar-refractivity contribution in [3.63, 3.8) is 0 Å². The Hall–Kier alpha value is -2.96. The monoisotopic (exact) mass is 371 g/mol. The van der Waals surface area contributed by atoms with Gasteiger partial charge in [-0.25, -0.2) is 0 Å². The number of benzene rings is 1. The van der Waals surface area contributed by atoms with E-state index >= 15 is 0 Å². The Morgan fingerprint density at radius 3 is 2.81 bits per heavy atom. The molecule has 0 fully saturated rings. The average Bonchev–Trinajstić information content (AvgIpc) is 3.21. The number of likely N-dealkylation sites (N-methyl/N-ethyl adjacent to an activating group) is 2. The molecule has 0 unspecified atom stereocenters. The van der Waals surface area contributed by atoms with Gasteiger partial charge < -0.3 is 24.3 Å². The Bertz CT molecular complexity index is 790. The van der Waals surface area contributed by atoms with Crippen LogP contribution in [0, 0.1) is 0 Å². The summed E-state index contributed by atoms with van der Waals surface area (Å²) >= 11 is 0. The average molecular weight is 371 g/mol. The van der Waals surface area contributed by atoms with Crippen molar-refractivity contribution in [1.29, 1.82) is 0 Å². The molecule has 0 aliphatic carbocycles. The predicted molar refractivity (Wildman–Crippen MR) is 102 cm³/mol. The molecule has 1 aliphatic heterocycles. The molecule has 0 radical (unpaired) electrons. The number of ether oxygens (including phenoxy) is 1. The fourth-order valence-electron chi connectivity index (χ4n) is 3.23. The molecule has 144 valence electrons. The van der Waals surface area contributed by atoms with Crippen molar-refractivity contribution >= 4 is 17.5 Å². The normalized spacial score (nSPS) is 16.9. The summed E-state index contributed by atoms with van der Waals surface area (Å²) in [4.78, 5) is 28.6. The minimum atomic E-state index is -0.643. The van der Waals surface area contributed by atoms with E-state index in [4.69, 9.17) is 9.15 Å². The zero-order valence-corrected chi connectivity index (χ0v) is 15.8. The van der Waals surface area contributed by atoms with Crippen LogP contribution >= 0.6 is 0 Å². The van der Waals surface area contributed by atoms with E-state index in [0.29, 0.717) is 18.7 Å². The number of nitrogens with one attached hydrogen (secondary N) is 1. The quantitative estimate of drug-likeness (QED) is 0.842. The van der Waals surface area contributed by atoms with E-state index in [1.165, 1.54) is 12.5 Å². The SMILES string of the molecule is CCN1C[C@@H](CN(C)C(=O)[C@H](C)NC(=O)c2ccoc2)Oc2ccccc21. The van der Waals surface area contributed by atoms with Gasteiger partial charge in [0.25, 0.3) is 5.91 Å². The largest absolute Gasteiger partial charge is 0.485 e. The highest BCUT2D eigenvalue weighted by atomic mass is 16.5. The molecule has 1 aromatic heterocycles. The van der Waals surface area contributed by atoms with Crippen LogP contribution in [0.15, 0.2) is 47.3 Å². The highest BCUT2D eigenvalue weighted by Gasteiger charge is 2.28. The lowest BCUT2D eigenvalue weighted by molar-refractivity contribution is -0.132. The number of rotatable bonds is 6. The Labute approximate surface area is 158 Å². The first-order valence-corrected chi connectivity index (χ1v) is 9.08. The lowest BCUT2D eigenvalue weighted by atomic mass is 10.1. The Kier molecular flexibility index (Phi) is 5.69. The molecular weight excluding hydrogens is 346 g/mol. The molecule has 7 heteroatoms. The van der Waals surface area contributed by atoms with Gasteiger partial charge in [-0.2, -0.15) is 0 Å². The van der Waals surface area contributed by atoms with E-state index in [9.17, 15) is 9.59 Å². The molecule has 1 aliphatic rings. The standard InChI is InChI=1S/C20H25N3O4/c1-4-23-12-16(27-18-8-6-5-7-17(18)23)11-22(3)20(25)14(2)21-19(24)15-9-10-26-13-15/h5-10,13-14,16H,4,11-12H2,1-3H3,(H,21,24)/t14-,16+/m0/s1. The van der Waals surface area contributed by atoms with Crippen molar-refractivity contribution in [1.82, 2.24) is 10.2 Å². The molecule has 0 bridgehead atoms. The zero-order valence-electron chi connectivity index (χ0n) is 15.8. The molecule has 2 heterocycles. The maximum Gasteiger partial charge on any atom is 0.255 e. The van der Waals surface area contributed by atoms with Crippen LogP contribution < -0.4 is 15.0 Å². The lowest BCUT2D eigenvalue weighted by Gasteiger charge is -2.37. The summed E-state index contributed by atoms with van der Waals surface area (Å²) in [6.45, 7) is 5.79. The fourth-order valence-corrected chi connectivity index (χ4v) is 3.23. The van der Waals surface area contributed by atoms with Gasteiger partial charge in [-0.05, 0) is 32.0 Å². The number of furan rings is 1. The molecule has 2 aromatic rings. The molecule has 2 atom stereocenters. The van der Waals surface area contributed by atoms with Crippen molar-refractivity contribution in [2.24, 2.45) is 0 Å². The Morgan fingerprint density at radius 1 is 1.33 bits per heavy atom. The first-order chi connectivity index (χ1) is 13.0. The van der Waals surface area contributed by atoms with Crippen LogP contribution in [0.5, 0.6) is 5.75 Å². The van der Waals surface area contributed by atoms with Gasteiger partial charge >= 0.3 is 0 Å². The molecule has 0 saturated carbocycles. The van der Waals surface area contributed by atoms with Crippen LogP contribution in [-0.4, -0.2) is 55.5 Å². The van der Waals surface area contributed by atoms with Crippen molar-refractivity contribution in [3.8, 4) is 5.75 Å². The van der Waals surface area contributed by atoms with Crippen LogP contribution in [0.4, 0.5) is 5.69 Å². The van der Waals surface area contributed by atoms with Crippen LogP contribution in [0.2, 0.25) is 0 Å². The van der Waals surface area contributed by atoms with E-state index in [1.807, 2.05) is 24.3 Å². The number of fused-ring (bicyclic) bond motifs is 1. The molecule has 27 heavy (non-hydrogen) atoms. The maximum absolute atomic E-state index is 12.6. The van der Waals surface area contributed by atoms with Gasteiger partial charge in [0.05, 0.1) is 30.6 Å². The van der Waals surface area contributed by atoms with Gasteiger partial charge in [0.2, 0.25) is 5.91 Å². The third-order valence-corrected chi connectivity index (χ3v) is 4.66. The highest BCUT2D eigenvalue weighted by molar-refractivity contribution is 5.97. The van der Waals surface area contributed by atoms with E-state index in [1.54, 1.807) is 24.9 Å². The zero-order chi connectivity index (χ0) is 19.4. The first-order valence-electron chi connectivity index (χ1n) is 9.08. The smallest absolute Gasteiger partial charge is 0.255 e. The third kappa shape index (κ3) is 4.24. The maximum atomic E-state index is 12.6. The second-order valence-electron chi connectivity index (χ2n) is 6.67. The minimum Gasteiger partial charge on any atom is -0.485 e. The second-order valence-corrected chi connectivity index (χ2v) is 6.67. The summed E-state index contributed by atoms with van der Waals surface area (Å²) in [5.74, 6) is 0.327. The number of carbonyl (C=O) groups is 2. The van der Waals surface area contributed by atoms with Crippen LogP contribution in [-0.2, 0) is 4.79 Å². The van der Waals surface area contributed by atoms with E-state index in [2.05, 4.69) is 17.1 Å². The number of anilines is 1. The number of para-hydroxylation sites is 2. The molecule has 0 spiro atoms. The van der Waals surface area contributed by atoms with Crippen LogP contribution in [0.3, 0.4) is 0 Å². The Balaban J connectivity index is 1.59. The summed E-state index contributed by atoms with van der Waals surface area (Å²) in [5, 5.41) is 2.69. The van der Waals surface area contributed by atoms with Crippen molar-refractivity contribution in [2.45, 2.75) is 26.0 Å². The van der Waals surface area contributed by atoms with Gasteiger partial charge in [-0.15, -0.1) is 0 Å². The molecular formula is C20H25N3O4. The topological polar surface area (TPSA) is 75.0 Å². The molecule has 1 aromatic carbocycles. The predicted octanol–water partition coefficient (Wildman–Crippen LogP) is 2.14. The summed E-state index contributed by atoms with van der Waals surface area (Å²) in [6.07, 6.45) is 2.64. The lowest BCUT2D eigenvalue weighted by Crippen LogP contribution is -2.51. The summed E-state index contributed by atoms with van der Waals surface area (Å²) < 4.78 is 11.0. The van der Waals surface area contributed by atoms with Crippen molar-refractivity contribution < 1.29 is 18.7 Å². The van der Waals surface area contributed by atoms with E-state index in [-0.39, 0.29) is 17.9 Å².